The number of alkyl halides is 2. The molecule has 192 valence electrons. The molecule has 0 spiro atoms. The van der Waals surface area contributed by atoms with E-state index in [4.69, 9.17) is 11.6 Å². The van der Waals surface area contributed by atoms with Crippen molar-refractivity contribution in [1.29, 1.82) is 0 Å². The number of halogens is 3. The summed E-state index contributed by atoms with van der Waals surface area (Å²) in [7, 11) is -3.19. The highest BCUT2D eigenvalue weighted by Crippen LogP contribution is 2.44. The van der Waals surface area contributed by atoms with Crippen LogP contribution in [0.25, 0.3) is 11.0 Å². The molecule has 1 saturated heterocycles. The monoisotopic (exact) mass is 537 g/mol. The van der Waals surface area contributed by atoms with E-state index in [2.05, 4.69) is 9.88 Å². The average Bonchev–Trinajstić information content (AvgIpc) is 3.26. The lowest BCUT2D eigenvalue weighted by Crippen LogP contribution is -2.48. The van der Waals surface area contributed by atoms with Crippen molar-refractivity contribution in [1.82, 2.24) is 18.8 Å². The van der Waals surface area contributed by atoms with Crippen molar-refractivity contribution < 1.29 is 22.0 Å². The van der Waals surface area contributed by atoms with E-state index in [9.17, 15) is 22.0 Å². The lowest BCUT2D eigenvalue weighted by atomic mass is 10.1. The number of piperazine rings is 1. The SMILES string of the molecule is CS(=O)(=O)N1CCN(CCCn2c(CN3C(=O)C(F)(F)c4ccccc43)nc3cc(Cl)ccc32)CC1. The number of aryl methyl sites for hydroxylation is 1. The third-order valence-electron chi connectivity index (χ3n) is 6.79. The molecule has 12 heteroatoms. The van der Waals surface area contributed by atoms with E-state index < -0.39 is 21.9 Å². The molecule has 8 nitrogen and oxygen atoms in total. The van der Waals surface area contributed by atoms with Crippen molar-refractivity contribution >= 4 is 44.3 Å². The standard InChI is InChI=1S/C24H26ClF2N5O3S/c1-36(34,35)30-13-11-29(12-14-30)9-4-10-31-21-8-7-17(25)15-19(21)28-22(31)16-32-20-6-3-2-5-18(20)24(26,27)23(32)33/h2-3,5-8,15H,4,9-14,16H2,1H3. The minimum atomic E-state index is -3.58. The molecule has 0 aliphatic carbocycles. The molecule has 1 amide bonds. The van der Waals surface area contributed by atoms with E-state index >= 15 is 0 Å². The van der Waals surface area contributed by atoms with Crippen molar-refractivity contribution in [2.45, 2.75) is 25.4 Å². The maximum Gasteiger partial charge on any atom is 0.352 e. The van der Waals surface area contributed by atoms with Crippen LogP contribution in [0.15, 0.2) is 42.5 Å². The largest absolute Gasteiger partial charge is 0.352 e. The Morgan fingerprint density at radius 3 is 2.50 bits per heavy atom. The van der Waals surface area contributed by atoms with Gasteiger partial charge in [0.2, 0.25) is 10.0 Å². The molecule has 1 aromatic heterocycles. The van der Waals surface area contributed by atoms with Crippen LogP contribution >= 0.6 is 11.6 Å². The van der Waals surface area contributed by atoms with E-state index in [0.717, 1.165) is 23.4 Å². The number of carbonyl (C=O) groups is 1. The first-order valence-electron chi connectivity index (χ1n) is 11.7. The number of nitrogens with zero attached hydrogens (tertiary/aromatic N) is 5. The van der Waals surface area contributed by atoms with Crippen LogP contribution in [0.4, 0.5) is 14.5 Å². The predicted molar refractivity (Wildman–Crippen MR) is 134 cm³/mol. The number of para-hydroxylation sites is 1. The van der Waals surface area contributed by atoms with Gasteiger partial charge in [0.1, 0.15) is 5.82 Å². The summed E-state index contributed by atoms with van der Waals surface area (Å²) in [5.41, 5.74) is 1.33. The molecule has 2 aromatic carbocycles. The van der Waals surface area contributed by atoms with E-state index in [1.807, 2.05) is 10.6 Å². The fourth-order valence-corrected chi connectivity index (χ4v) is 5.92. The van der Waals surface area contributed by atoms with E-state index in [-0.39, 0.29) is 17.8 Å². The Morgan fingerprint density at radius 1 is 1.06 bits per heavy atom. The van der Waals surface area contributed by atoms with Gasteiger partial charge in [0.05, 0.1) is 35.1 Å². The zero-order valence-electron chi connectivity index (χ0n) is 19.7. The molecule has 3 heterocycles. The third kappa shape index (κ3) is 4.60. The number of rotatable bonds is 7. The number of aromatic nitrogens is 2. The van der Waals surface area contributed by atoms with Crippen LogP contribution in [-0.4, -0.2) is 72.1 Å². The Bertz CT molecular complexity index is 1420. The number of imidazole rings is 1. The van der Waals surface area contributed by atoms with Gasteiger partial charge in [0.25, 0.3) is 0 Å². The summed E-state index contributed by atoms with van der Waals surface area (Å²) >= 11 is 6.16. The maximum atomic E-state index is 14.7. The molecule has 1 fully saturated rings. The van der Waals surface area contributed by atoms with Crippen LogP contribution in [-0.2, 0) is 33.8 Å². The summed E-state index contributed by atoms with van der Waals surface area (Å²) < 4.78 is 56.3. The fourth-order valence-electron chi connectivity index (χ4n) is 4.93. The molecule has 2 aliphatic rings. The van der Waals surface area contributed by atoms with Gasteiger partial charge >= 0.3 is 11.8 Å². The van der Waals surface area contributed by atoms with E-state index in [1.165, 1.54) is 28.8 Å². The normalized spacial score (nSPS) is 18.8. The highest BCUT2D eigenvalue weighted by Gasteiger charge is 2.52. The Labute approximate surface area is 213 Å². The quantitative estimate of drug-likeness (QED) is 0.462. The number of hydrogen-bond acceptors (Lipinski definition) is 5. The second-order valence-corrected chi connectivity index (χ2v) is 11.6. The number of carbonyl (C=O) groups excluding carboxylic acids is 1. The predicted octanol–water partition coefficient (Wildman–Crippen LogP) is 3.30. The molecule has 0 saturated carbocycles. The van der Waals surface area contributed by atoms with Crippen molar-refractivity contribution in [3.05, 3.63) is 58.9 Å². The van der Waals surface area contributed by atoms with Gasteiger partial charge in [0, 0.05) is 37.7 Å². The van der Waals surface area contributed by atoms with Crippen LogP contribution in [0.5, 0.6) is 0 Å². The van der Waals surface area contributed by atoms with Gasteiger partial charge in [-0.25, -0.2) is 13.4 Å². The molecule has 5 rings (SSSR count). The Morgan fingerprint density at radius 2 is 1.78 bits per heavy atom. The molecule has 0 bridgehead atoms. The average molecular weight is 538 g/mol. The van der Waals surface area contributed by atoms with Crippen LogP contribution in [0, 0.1) is 0 Å². The zero-order chi connectivity index (χ0) is 25.7. The molecular weight excluding hydrogens is 512 g/mol. The van der Waals surface area contributed by atoms with Gasteiger partial charge in [-0.2, -0.15) is 13.1 Å². The molecule has 0 N–H and O–H groups in total. The topological polar surface area (TPSA) is 78.8 Å². The number of anilines is 1. The van der Waals surface area contributed by atoms with Gasteiger partial charge in [-0.05, 0) is 37.2 Å². The lowest BCUT2D eigenvalue weighted by Gasteiger charge is -2.33. The highest BCUT2D eigenvalue weighted by molar-refractivity contribution is 7.88. The molecular formula is C24H26ClF2N5O3S. The summed E-state index contributed by atoms with van der Waals surface area (Å²) in [6, 6.07) is 11.2. The first-order valence-corrected chi connectivity index (χ1v) is 13.9. The first kappa shape index (κ1) is 25.1. The fraction of sp³-hybridized carbons (Fsp3) is 0.417. The lowest BCUT2D eigenvalue weighted by molar-refractivity contribution is -0.141. The van der Waals surface area contributed by atoms with Crippen molar-refractivity contribution in [3.8, 4) is 0 Å². The number of benzene rings is 2. The molecule has 3 aromatic rings. The number of fused-ring (bicyclic) bond motifs is 2. The minimum absolute atomic E-state index is 0.0925. The highest BCUT2D eigenvalue weighted by atomic mass is 35.5. The molecule has 0 unspecified atom stereocenters. The van der Waals surface area contributed by atoms with E-state index in [1.54, 1.807) is 18.2 Å². The van der Waals surface area contributed by atoms with Gasteiger partial charge in [-0.15, -0.1) is 0 Å². The van der Waals surface area contributed by atoms with Gasteiger partial charge in [0.15, 0.2) is 0 Å². The van der Waals surface area contributed by atoms with Crippen molar-refractivity contribution in [2.24, 2.45) is 0 Å². The summed E-state index contributed by atoms with van der Waals surface area (Å²) in [5.74, 6) is -4.34. The number of hydrogen-bond donors (Lipinski definition) is 0. The second-order valence-electron chi connectivity index (χ2n) is 9.15. The number of sulfonamides is 1. The van der Waals surface area contributed by atoms with Crippen LogP contribution in [0.3, 0.4) is 0 Å². The third-order valence-corrected chi connectivity index (χ3v) is 8.33. The Kier molecular flexibility index (Phi) is 6.52. The zero-order valence-corrected chi connectivity index (χ0v) is 21.3. The Balaban J connectivity index is 1.35. The maximum absolute atomic E-state index is 14.7. The molecule has 0 atom stereocenters. The smallest absolute Gasteiger partial charge is 0.326 e. The van der Waals surface area contributed by atoms with Gasteiger partial charge in [-0.3, -0.25) is 9.69 Å². The van der Waals surface area contributed by atoms with E-state index in [0.29, 0.717) is 49.1 Å². The molecule has 36 heavy (non-hydrogen) atoms. The summed E-state index contributed by atoms with van der Waals surface area (Å²) in [4.78, 5) is 20.6. The van der Waals surface area contributed by atoms with Crippen molar-refractivity contribution in [2.75, 3.05) is 43.9 Å². The van der Waals surface area contributed by atoms with Crippen LogP contribution in [0.2, 0.25) is 5.02 Å². The summed E-state index contributed by atoms with van der Waals surface area (Å²) in [6.07, 6.45) is 1.96. The first-order chi connectivity index (χ1) is 17.1. The van der Waals surface area contributed by atoms with Crippen LogP contribution in [0.1, 0.15) is 17.8 Å². The van der Waals surface area contributed by atoms with Crippen LogP contribution < -0.4 is 4.90 Å². The summed E-state index contributed by atoms with van der Waals surface area (Å²) in [6.45, 7) is 3.42. The summed E-state index contributed by atoms with van der Waals surface area (Å²) in [5, 5.41) is 0.511. The molecule has 0 radical (unpaired) electrons. The van der Waals surface area contributed by atoms with Gasteiger partial charge in [-0.1, -0.05) is 29.8 Å². The Hall–Kier alpha value is -2.60. The van der Waals surface area contributed by atoms with Gasteiger partial charge < -0.3 is 9.47 Å². The minimum Gasteiger partial charge on any atom is -0.326 e. The molecule has 2 aliphatic heterocycles. The number of amides is 1. The van der Waals surface area contributed by atoms with Crippen molar-refractivity contribution in [3.63, 3.8) is 0 Å². The second kappa shape index (κ2) is 9.37.